The third-order valence-electron chi connectivity index (χ3n) is 5.79. The van der Waals surface area contributed by atoms with Crippen LogP contribution in [0.2, 0.25) is 0 Å². The minimum atomic E-state index is 0.975. The molecule has 1 rings (SSSR count). The van der Waals surface area contributed by atoms with Gasteiger partial charge in [-0.15, -0.1) is 0 Å². The molecule has 1 aliphatic carbocycles. The van der Waals surface area contributed by atoms with Gasteiger partial charge in [-0.1, -0.05) is 129 Å². The van der Waals surface area contributed by atoms with E-state index in [2.05, 4.69) is 13.8 Å². The van der Waals surface area contributed by atoms with Crippen molar-refractivity contribution in [3.8, 4) is 0 Å². The van der Waals surface area contributed by atoms with Crippen molar-refractivity contribution in [1.29, 1.82) is 0 Å². The number of hydrogen-bond donors (Lipinski definition) is 0. The van der Waals surface area contributed by atoms with Crippen LogP contribution in [0.25, 0.3) is 0 Å². The molecule has 1 fully saturated rings. The van der Waals surface area contributed by atoms with Gasteiger partial charge in [0.2, 0.25) is 0 Å². The normalized spacial score (nSPS) is 29.7. The van der Waals surface area contributed by atoms with E-state index >= 15 is 0 Å². The van der Waals surface area contributed by atoms with Crippen molar-refractivity contribution in [3.05, 3.63) is 0 Å². The predicted molar refractivity (Wildman–Crippen MR) is 101 cm³/mol. The Kier molecular flexibility index (Phi) is 13.3. The molecule has 1 saturated carbocycles. The van der Waals surface area contributed by atoms with Crippen molar-refractivity contribution < 1.29 is 0 Å². The van der Waals surface area contributed by atoms with Crippen LogP contribution < -0.4 is 0 Å². The van der Waals surface area contributed by atoms with Gasteiger partial charge in [0.15, 0.2) is 0 Å². The fourth-order valence-corrected chi connectivity index (χ4v) is 4.03. The van der Waals surface area contributed by atoms with Crippen molar-refractivity contribution in [1.82, 2.24) is 0 Å². The van der Waals surface area contributed by atoms with E-state index in [4.69, 9.17) is 0 Å². The Morgan fingerprint density at radius 2 is 0.500 bits per heavy atom. The molecule has 1 aliphatic rings. The van der Waals surface area contributed by atoms with Crippen LogP contribution in [0.1, 0.15) is 129 Å². The van der Waals surface area contributed by atoms with Crippen molar-refractivity contribution >= 4 is 0 Å². The average molecular weight is 309 g/mol. The molecular formula is C22H44. The Balaban J connectivity index is 2.15. The van der Waals surface area contributed by atoms with Crippen molar-refractivity contribution in [3.63, 3.8) is 0 Å². The van der Waals surface area contributed by atoms with Crippen molar-refractivity contribution in [2.45, 2.75) is 129 Å². The van der Waals surface area contributed by atoms with Gasteiger partial charge in [-0.2, -0.15) is 0 Å². The lowest BCUT2D eigenvalue weighted by molar-refractivity contribution is 0.405. The van der Waals surface area contributed by atoms with Crippen LogP contribution in [0.3, 0.4) is 0 Å². The van der Waals surface area contributed by atoms with E-state index < -0.39 is 0 Å². The minimum absolute atomic E-state index is 0.975. The van der Waals surface area contributed by atoms with E-state index in [9.17, 15) is 0 Å². The van der Waals surface area contributed by atoms with Crippen LogP contribution >= 0.6 is 0 Å². The first-order valence-electron chi connectivity index (χ1n) is 10.8. The summed E-state index contributed by atoms with van der Waals surface area (Å²) < 4.78 is 0. The topological polar surface area (TPSA) is 0 Å². The molecule has 132 valence electrons. The molecule has 0 saturated heterocycles. The second kappa shape index (κ2) is 14.6. The van der Waals surface area contributed by atoms with E-state index in [0.29, 0.717) is 0 Å². The molecule has 0 amide bonds. The van der Waals surface area contributed by atoms with E-state index in [0.717, 1.165) is 11.8 Å². The third kappa shape index (κ3) is 12.5. The van der Waals surface area contributed by atoms with Gasteiger partial charge in [0, 0.05) is 0 Å². The molecule has 0 heteroatoms. The van der Waals surface area contributed by atoms with E-state index in [1.807, 2.05) is 0 Å². The first kappa shape index (κ1) is 20.0. The third-order valence-corrected chi connectivity index (χ3v) is 5.79. The van der Waals surface area contributed by atoms with Crippen LogP contribution in [-0.2, 0) is 0 Å². The van der Waals surface area contributed by atoms with Gasteiger partial charge in [0.1, 0.15) is 0 Å². The van der Waals surface area contributed by atoms with Gasteiger partial charge in [0.25, 0.3) is 0 Å². The van der Waals surface area contributed by atoms with Gasteiger partial charge in [-0.05, 0) is 11.8 Å². The van der Waals surface area contributed by atoms with Gasteiger partial charge in [0.05, 0.1) is 0 Å². The fourth-order valence-electron chi connectivity index (χ4n) is 4.03. The number of hydrogen-bond acceptors (Lipinski definition) is 0. The molecule has 2 atom stereocenters. The summed E-state index contributed by atoms with van der Waals surface area (Å²) in [5.74, 6) is 1.95. The Morgan fingerprint density at radius 1 is 0.318 bits per heavy atom. The summed E-state index contributed by atoms with van der Waals surface area (Å²) in [7, 11) is 0. The lowest BCUT2D eigenvalue weighted by Crippen LogP contribution is -1.97. The van der Waals surface area contributed by atoms with Crippen LogP contribution in [0.15, 0.2) is 0 Å². The summed E-state index contributed by atoms with van der Waals surface area (Å²) in [4.78, 5) is 0. The zero-order valence-electron chi connectivity index (χ0n) is 15.9. The Morgan fingerprint density at radius 3 is 0.773 bits per heavy atom. The highest BCUT2D eigenvalue weighted by Crippen LogP contribution is 2.21. The van der Waals surface area contributed by atoms with E-state index in [1.54, 1.807) is 0 Å². The Labute approximate surface area is 141 Å². The molecular weight excluding hydrogens is 264 g/mol. The lowest BCUT2D eigenvalue weighted by atomic mass is 9.93. The van der Waals surface area contributed by atoms with E-state index in [-0.39, 0.29) is 0 Å². The summed E-state index contributed by atoms with van der Waals surface area (Å²) in [6, 6.07) is 0. The van der Waals surface area contributed by atoms with Crippen molar-refractivity contribution in [2.24, 2.45) is 11.8 Å². The maximum atomic E-state index is 2.48. The maximum Gasteiger partial charge on any atom is -0.0443 e. The largest absolute Gasteiger partial charge is 0.0625 e. The Bertz CT molecular complexity index is 198. The molecule has 0 aliphatic heterocycles. The quantitative estimate of drug-likeness (QED) is 0.422. The van der Waals surface area contributed by atoms with E-state index in [1.165, 1.54) is 116 Å². The summed E-state index contributed by atoms with van der Waals surface area (Å²) in [5.41, 5.74) is 0. The summed E-state index contributed by atoms with van der Waals surface area (Å²) >= 11 is 0. The average Bonchev–Trinajstić information content (AvgIpc) is 2.50. The molecule has 0 bridgehead atoms. The second-order valence-corrected chi connectivity index (χ2v) is 8.31. The summed E-state index contributed by atoms with van der Waals surface area (Å²) in [6.07, 6.45) is 26.8. The molecule has 0 spiro atoms. The SMILES string of the molecule is CC1CCCCCCCCCCCCCC(C)CCCCC1. The zero-order chi connectivity index (χ0) is 15.9. The maximum absolute atomic E-state index is 2.48. The smallest absolute Gasteiger partial charge is 0.0443 e. The predicted octanol–water partition coefficient (Wildman–Crippen LogP) is 8.29. The molecule has 0 aromatic heterocycles. The first-order chi connectivity index (χ1) is 10.8. The molecule has 0 aromatic carbocycles. The molecule has 0 radical (unpaired) electrons. The molecule has 22 heavy (non-hydrogen) atoms. The van der Waals surface area contributed by atoms with Gasteiger partial charge >= 0.3 is 0 Å². The van der Waals surface area contributed by atoms with Gasteiger partial charge in [-0.25, -0.2) is 0 Å². The number of rotatable bonds is 0. The Hall–Kier alpha value is 0. The lowest BCUT2D eigenvalue weighted by Gasteiger charge is -2.13. The van der Waals surface area contributed by atoms with Gasteiger partial charge < -0.3 is 0 Å². The molecule has 0 heterocycles. The molecule has 0 aromatic rings. The minimum Gasteiger partial charge on any atom is -0.0625 e. The van der Waals surface area contributed by atoms with Crippen LogP contribution in [-0.4, -0.2) is 0 Å². The first-order valence-corrected chi connectivity index (χ1v) is 10.8. The highest BCUT2D eigenvalue weighted by atomic mass is 14.1. The van der Waals surface area contributed by atoms with Crippen LogP contribution in [0.5, 0.6) is 0 Å². The van der Waals surface area contributed by atoms with Crippen molar-refractivity contribution in [2.75, 3.05) is 0 Å². The molecule has 0 nitrogen and oxygen atoms in total. The molecule has 0 N–H and O–H groups in total. The van der Waals surface area contributed by atoms with Crippen LogP contribution in [0, 0.1) is 11.8 Å². The fraction of sp³-hybridized carbons (Fsp3) is 1.00. The summed E-state index contributed by atoms with van der Waals surface area (Å²) in [6.45, 7) is 4.96. The standard InChI is InChI=1S/C22H44/c1-21-17-13-10-8-6-4-3-5-7-9-11-14-18-22(2)20-16-12-15-19-21/h21-22H,3-20H2,1-2H3. The monoisotopic (exact) mass is 308 g/mol. The highest BCUT2D eigenvalue weighted by molar-refractivity contribution is 4.59. The molecule has 2 unspecified atom stereocenters. The highest BCUT2D eigenvalue weighted by Gasteiger charge is 2.05. The summed E-state index contributed by atoms with van der Waals surface area (Å²) in [5, 5.41) is 0. The zero-order valence-corrected chi connectivity index (χ0v) is 15.9. The van der Waals surface area contributed by atoms with Gasteiger partial charge in [-0.3, -0.25) is 0 Å². The van der Waals surface area contributed by atoms with Crippen LogP contribution in [0.4, 0.5) is 0 Å². The second-order valence-electron chi connectivity index (χ2n) is 8.31.